The van der Waals surface area contributed by atoms with Crippen molar-refractivity contribution in [3.05, 3.63) is 58.6 Å². The fraction of sp³-hybridized carbons (Fsp3) is 0.158. The zero-order chi connectivity index (χ0) is 17.8. The number of fused-ring (bicyclic) bond motifs is 1. The van der Waals surface area contributed by atoms with Crippen LogP contribution in [0.15, 0.2) is 48.0 Å². The molecule has 1 aliphatic heterocycles. The minimum absolute atomic E-state index is 0.0830. The van der Waals surface area contributed by atoms with E-state index in [1.165, 1.54) is 0 Å². The summed E-state index contributed by atoms with van der Waals surface area (Å²) in [7, 11) is 0. The van der Waals surface area contributed by atoms with Gasteiger partial charge in [0.15, 0.2) is 0 Å². The summed E-state index contributed by atoms with van der Waals surface area (Å²) in [4.78, 5) is 23.9. The number of halogens is 1. The van der Waals surface area contributed by atoms with Gasteiger partial charge in [0.2, 0.25) is 5.91 Å². The van der Waals surface area contributed by atoms with Gasteiger partial charge >= 0.3 is 0 Å². The highest BCUT2D eigenvalue weighted by molar-refractivity contribution is 6.30. The van der Waals surface area contributed by atoms with Crippen LogP contribution in [0.25, 0.3) is 6.08 Å². The number of carbonyl (C=O) groups is 2. The molecule has 0 aliphatic carbocycles. The number of hydrogen-bond donors (Lipinski definition) is 2. The van der Waals surface area contributed by atoms with Crippen molar-refractivity contribution in [2.75, 3.05) is 17.2 Å². The first kappa shape index (κ1) is 17.0. The van der Waals surface area contributed by atoms with Gasteiger partial charge in [-0.3, -0.25) is 9.59 Å². The molecule has 0 fully saturated rings. The van der Waals surface area contributed by atoms with Crippen LogP contribution in [0.5, 0.6) is 5.75 Å². The molecule has 128 valence electrons. The van der Waals surface area contributed by atoms with Crippen molar-refractivity contribution in [3.8, 4) is 5.75 Å². The number of amides is 2. The first-order chi connectivity index (χ1) is 12.0. The van der Waals surface area contributed by atoms with Gasteiger partial charge in [-0.05, 0) is 42.5 Å². The molecule has 0 atom stereocenters. The lowest BCUT2D eigenvalue weighted by Crippen LogP contribution is -2.21. The monoisotopic (exact) mass is 356 g/mol. The molecule has 2 N–H and O–H groups in total. The molecule has 0 radical (unpaired) electrons. The lowest BCUT2D eigenvalue weighted by atomic mass is 10.1. The lowest BCUT2D eigenvalue weighted by Gasteiger charge is -2.18. The van der Waals surface area contributed by atoms with Crippen LogP contribution in [0.1, 0.15) is 18.9 Å². The zero-order valence-electron chi connectivity index (χ0n) is 13.6. The van der Waals surface area contributed by atoms with Crippen LogP contribution >= 0.6 is 11.6 Å². The van der Waals surface area contributed by atoms with Gasteiger partial charge in [0, 0.05) is 28.4 Å². The molecular formula is C19H17ClN2O3. The molecule has 2 aromatic rings. The second-order valence-corrected chi connectivity index (χ2v) is 6.01. The highest BCUT2D eigenvalue weighted by Crippen LogP contribution is 2.29. The number of carbonyl (C=O) groups excluding carboxylic acids is 2. The summed E-state index contributed by atoms with van der Waals surface area (Å²) in [5, 5.41) is 6.16. The van der Waals surface area contributed by atoms with Crippen molar-refractivity contribution in [3.63, 3.8) is 0 Å². The van der Waals surface area contributed by atoms with E-state index in [1.807, 2.05) is 0 Å². The average Bonchev–Trinajstić information content (AvgIpc) is 2.61. The third-order valence-electron chi connectivity index (χ3n) is 3.70. The van der Waals surface area contributed by atoms with Crippen molar-refractivity contribution < 1.29 is 14.3 Å². The molecule has 6 heteroatoms. The van der Waals surface area contributed by atoms with Crippen molar-refractivity contribution in [1.82, 2.24) is 0 Å². The van der Waals surface area contributed by atoms with Gasteiger partial charge in [0.05, 0.1) is 5.57 Å². The Morgan fingerprint density at radius 1 is 1.12 bits per heavy atom. The largest absolute Gasteiger partial charge is 0.488 e. The van der Waals surface area contributed by atoms with Gasteiger partial charge in [0.25, 0.3) is 5.91 Å². The maximum absolute atomic E-state index is 12.5. The molecule has 1 heterocycles. The maximum Gasteiger partial charge on any atom is 0.255 e. The Morgan fingerprint density at radius 3 is 2.64 bits per heavy atom. The van der Waals surface area contributed by atoms with Crippen LogP contribution < -0.4 is 15.4 Å². The molecule has 5 nitrogen and oxygen atoms in total. The summed E-state index contributed by atoms with van der Waals surface area (Å²) < 4.78 is 5.60. The Kier molecular flexibility index (Phi) is 5.05. The second kappa shape index (κ2) is 7.40. The molecule has 0 bridgehead atoms. The topological polar surface area (TPSA) is 67.4 Å². The molecule has 0 spiro atoms. The van der Waals surface area contributed by atoms with E-state index < -0.39 is 0 Å². The van der Waals surface area contributed by atoms with Crippen molar-refractivity contribution in [2.45, 2.75) is 13.3 Å². The molecule has 0 saturated heterocycles. The number of nitrogens with one attached hydrogen (secondary N) is 2. The van der Waals surface area contributed by atoms with Gasteiger partial charge in [0.1, 0.15) is 12.4 Å². The van der Waals surface area contributed by atoms with Gasteiger partial charge in [-0.1, -0.05) is 24.6 Å². The summed E-state index contributed by atoms with van der Waals surface area (Å²) in [5.74, 6) is 0.357. The Morgan fingerprint density at radius 2 is 1.88 bits per heavy atom. The van der Waals surface area contributed by atoms with E-state index in [1.54, 1.807) is 55.5 Å². The molecule has 3 rings (SSSR count). The fourth-order valence-electron chi connectivity index (χ4n) is 2.41. The molecule has 1 aliphatic rings. The van der Waals surface area contributed by atoms with Crippen LogP contribution in [0, 0.1) is 0 Å². The van der Waals surface area contributed by atoms with Gasteiger partial charge in [-0.2, -0.15) is 0 Å². The Bertz CT molecular complexity index is 861. The molecular weight excluding hydrogens is 340 g/mol. The number of rotatable bonds is 4. The van der Waals surface area contributed by atoms with Crippen LogP contribution in [0.3, 0.4) is 0 Å². The van der Waals surface area contributed by atoms with Gasteiger partial charge in [-0.15, -0.1) is 0 Å². The summed E-state index contributed by atoms with van der Waals surface area (Å²) in [6, 6.07) is 12.3. The second-order valence-electron chi connectivity index (χ2n) is 5.58. The summed E-state index contributed by atoms with van der Waals surface area (Å²) >= 11 is 5.98. The third kappa shape index (κ3) is 4.19. The maximum atomic E-state index is 12.5. The number of anilines is 2. The number of benzene rings is 2. The number of hydrogen-bond acceptors (Lipinski definition) is 3. The smallest absolute Gasteiger partial charge is 0.255 e. The SMILES string of the molecule is CCC(=O)Nc1cccc(NC(=O)C2=Cc3cc(Cl)ccc3OC2)c1. The van der Waals surface area contributed by atoms with Crippen LogP contribution in [-0.2, 0) is 9.59 Å². The summed E-state index contributed by atoms with van der Waals surface area (Å²) in [6.07, 6.45) is 2.16. The molecule has 2 amide bonds. The van der Waals surface area contributed by atoms with Gasteiger partial charge in [-0.25, -0.2) is 0 Å². The lowest BCUT2D eigenvalue weighted by molar-refractivity contribution is -0.116. The van der Waals surface area contributed by atoms with Crippen LogP contribution in [0.2, 0.25) is 5.02 Å². The molecule has 0 aromatic heterocycles. The van der Waals surface area contributed by atoms with E-state index in [0.29, 0.717) is 34.1 Å². The Hall–Kier alpha value is -2.79. The van der Waals surface area contributed by atoms with Crippen molar-refractivity contribution in [1.29, 1.82) is 0 Å². The van der Waals surface area contributed by atoms with E-state index in [0.717, 1.165) is 5.56 Å². The first-order valence-electron chi connectivity index (χ1n) is 7.89. The van der Waals surface area contributed by atoms with Crippen molar-refractivity contribution >= 4 is 40.9 Å². The Labute approximate surface area is 150 Å². The van der Waals surface area contributed by atoms with E-state index in [2.05, 4.69) is 10.6 Å². The molecule has 0 unspecified atom stereocenters. The quantitative estimate of drug-likeness (QED) is 0.866. The first-order valence-corrected chi connectivity index (χ1v) is 8.27. The average molecular weight is 357 g/mol. The Balaban J connectivity index is 1.74. The van der Waals surface area contributed by atoms with E-state index >= 15 is 0 Å². The summed E-state index contributed by atoms with van der Waals surface area (Å²) in [5.41, 5.74) is 2.50. The highest BCUT2D eigenvalue weighted by Gasteiger charge is 2.17. The zero-order valence-corrected chi connectivity index (χ0v) is 14.4. The predicted octanol–water partition coefficient (Wildman–Crippen LogP) is 4.10. The standard InChI is InChI=1S/C19H17ClN2O3/c1-2-18(23)21-15-4-3-5-16(10-15)22-19(24)13-8-12-9-14(20)6-7-17(12)25-11-13/h3-10H,2,11H2,1H3,(H,21,23)(H,22,24). The van der Waals surface area contributed by atoms with Crippen LogP contribution in [-0.4, -0.2) is 18.4 Å². The fourth-order valence-corrected chi connectivity index (χ4v) is 2.60. The third-order valence-corrected chi connectivity index (χ3v) is 3.94. The minimum atomic E-state index is -0.260. The molecule has 25 heavy (non-hydrogen) atoms. The molecule has 2 aromatic carbocycles. The van der Waals surface area contributed by atoms with E-state index in [4.69, 9.17) is 16.3 Å². The predicted molar refractivity (Wildman–Crippen MR) is 98.9 cm³/mol. The molecule has 0 saturated carbocycles. The number of ether oxygens (including phenoxy) is 1. The van der Waals surface area contributed by atoms with Gasteiger partial charge < -0.3 is 15.4 Å². The van der Waals surface area contributed by atoms with Crippen molar-refractivity contribution in [2.24, 2.45) is 0 Å². The van der Waals surface area contributed by atoms with E-state index in [-0.39, 0.29) is 18.4 Å². The summed E-state index contributed by atoms with van der Waals surface area (Å²) in [6.45, 7) is 1.97. The van der Waals surface area contributed by atoms with E-state index in [9.17, 15) is 9.59 Å². The highest BCUT2D eigenvalue weighted by atomic mass is 35.5. The van der Waals surface area contributed by atoms with Crippen LogP contribution in [0.4, 0.5) is 11.4 Å². The normalized spacial score (nSPS) is 12.5. The minimum Gasteiger partial charge on any atom is -0.488 e.